The van der Waals surface area contributed by atoms with Gasteiger partial charge in [-0.2, -0.15) is 0 Å². The molecule has 0 bridgehead atoms. The Morgan fingerprint density at radius 1 is 1.44 bits per heavy atom. The van der Waals surface area contributed by atoms with Crippen LogP contribution in [0.4, 0.5) is 0 Å². The van der Waals surface area contributed by atoms with Crippen molar-refractivity contribution in [3.05, 3.63) is 0 Å². The van der Waals surface area contributed by atoms with E-state index in [1.165, 1.54) is 39.0 Å². The van der Waals surface area contributed by atoms with E-state index in [4.69, 9.17) is 4.74 Å². The summed E-state index contributed by atoms with van der Waals surface area (Å²) in [4.78, 5) is 2.59. The van der Waals surface area contributed by atoms with Gasteiger partial charge in [-0.3, -0.25) is 0 Å². The zero-order valence-electron chi connectivity index (χ0n) is 11.2. The van der Waals surface area contributed by atoms with E-state index in [0.29, 0.717) is 6.04 Å². The van der Waals surface area contributed by atoms with E-state index < -0.39 is 0 Å². The zero-order valence-corrected chi connectivity index (χ0v) is 11.2. The molecule has 96 valence electrons. The second-order valence-electron chi connectivity index (χ2n) is 5.28. The molecule has 1 unspecified atom stereocenters. The minimum atomic E-state index is 0.685. The fraction of sp³-hybridized carbons (Fsp3) is 1.00. The first kappa shape index (κ1) is 13.9. The monoisotopic (exact) mass is 228 g/mol. The molecule has 0 aromatic heterocycles. The van der Waals surface area contributed by atoms with Crippen LogP contribution < -0.4 is 5.32 Å². The smallest absolute Gasteiger partial charge is 0.0474 e. The standard InChI is InChI=1S/C13H28N2O/c1-12(2)10-13-11-15(7-4-6-14-13)8-5-9-16-3/h12-14H,4-11H2,1-3H3. The molecule has 0 radical (unpaired) electrons. The highest BCUT2D eigenvalue weighted by Crippen LogP contribution is 2.10. The molecule has 3 heteroatoms. The predicted octanol–water partition coefficient (Wildman–Crippen LogP) is 1.73. The Hall–Kier alpha value is -0.120. The van der Waals surface area contributed by atoms with Crippen LogP contribution in [0.2, 0.25) is 0 Å². The number of ether oxygens (including phenoxy) is 1. The molecule has 0 aliphatic carbocycles. The van der Waals surface area contributed by atoms with Crippen LogP contribution in [0, 0.1) is 5.92 Å². The molecule has 1 rings (SSSR count). The molecule has 1 saturated heterocycles. The summed E-state index contributed by atoms with van der Waals surface area (Å²) >= 11 is 0. The highest BCUT2D eigenvalue weighted by molar-refractivity contribution is 4.77. The van der Waals surface area contributed by atoms with Gasteiger partial charge in [-0.1, -0.05) is 13.8 Å². The summed E-state index contributed by atoms with van der Waals surface area (Å²) in [6, 6.07) is 0.685. The van der Waals surface area contributed by atoms with Crippen LogP contribution in [0.25, 0.3) is 0 Å². The maximum Gasteiger partial charge on any atom is 0.0474 e. The molecular weight excluding hydrogens is 200 g/mol. The quantitative estimate of drug-likeness (QED) is 0.701. The van der Waals surface area contributed by atoms with Gasteiger partial charge >= 0.3 is 0 Å². The molecule has 0 saturated carbocycles. The van der Waals surface area contributed by atoms with Crippen LogP contribution in [0.15, 0.2) is 0 Å². The van der Waals surface area contributed by atoms with Gasteiger partial charge in [-0.15, -0.1) is 0 Å². The average molecular weight is 228 g/mol. The molecule has 3 nitrogen and oxygen atoms in total. The van der Waals surface area contributed by atoms with Gasteiger partial charge in [-0.25, -0.2) is 0 Å². The highest BCUT2D eigenvalue weighted by Gasteiger charge is 2.17. The Labute approximate surface area is 101 Å². The molecule has 1 heterocycles. The summed E-state index contributed by atoms with van der Waals surface area (Å²) < 4.78 is 5.11. The van der Waals surface area contributed by atoms with Crippen LogP contribution in [0.5, 0.6) is 0 Å². The first-order valence-electron chi connectivity index (χ1n) is 6.67. The van der Waals surface area contributed by atoms with E-state index in [1.54, 1.807) is 7.11 Å². The average Bonchev–Trinajstić information content (AvgIpc) is 2.43. The number of nitrogens with zero attached hydrogens (tertiary/aromatic N) is 1. The van der Waals surface area contributed by atoms with Gasteiger partial charge in [0, 0.05) is 32.8 Å². The van der Waals surface area contributed by atoms with Gasteiger partial charge < -0.3 is 15.0 Å². The maximum atomic E-state index is 5.11. The molecule has 1 N–H and O–H groups in total. The van der Waals surface area contributed by atoms with E-state index in [1.807, 2.05) is 0 Å². The van der Waals surface area contributed by atoms with Crippen LogP contribution >= 0.6 is 0 Å². The van der Waals surface area contributed by atoms with E-state index >= 15 is 0 Å². The zero-order chi connectivity index (χ0) is 11.8. The number of rotatable bonds is 6. The molecule has 0 aromatic carbocycles. The van der Waals surface area contributed by atoms with Crippen molar-refractivity contribution in [2.75, 3.05) is 39.9 Å². The van der Waals surface area contributed by atoms with Crippen molar-refractivity contribution in [2.24, 2.45) is 5.92 Å². The minimum absolute atomic E-state index is 0.685. The second kappa shape index (κ2) is 8.04. The lowest BCUT2D eigenvalue weighted by Crippen LogP contribution is -2.39. The Morgan fingerprint density at radius 2 is 2.25 bits per heavy atom. The summed E-state index contributed by atoms with van der Waals surface area (Å²) in [7, 11) is 1.78. The van der Waals surface area contributed by atoms with E-state index in [-0.39, 0.29) is 0 Å². The number of hydrogen-bond acceptors (Lipinski definition) is 3. The fourth-order valence-electron chi connectivity index (χ4n) is 2.44. The molecule has 1 atom stereocenters. The third-order valence-corrected chi connectivity index (χ3v) is 3.14. The molecule has 0 amide bonds. The molecule has 0 spiro atoms. The second-order valence-corrected chi connectivity index (χ2v) is 5.28. The molecule has 1 aliphatic heterocycles. The van der Waals surface area contributed by atoms with E-state index in [9.17, 15) is 0 Å². The van der Waals surface area contributed by atoms with Crippen molar-refractivity contribution in [1.82, 2.24) is 10.2 Å². The molecule has 0 aromatic rings. The van der Waals surface area contributed by atoms with Gasteiger partial charge in [0.2, 0.25) is 0 Å². The topological polar surface area (TPSA) is 24.5 Å². The van der Waals surface area contributed by atoms with E-state index in [2.05, 4.69) is 24.1 Å². The highest BCUT2D eigenvalue weighted by atomic mass is 16.5. The van der Waals surface area contributed by atoms with Crippen molar-refractivity contribution in [3.8, 4) is 0 Å². The number of hydrogen-bond donors (Lipinski definition) is 1. The van der Waals surface area contributed by atoms with Gasteiger partial charge in [0.1, 0.15) is 0 Å². The van der Waals surface area contributed by atoms with Crippen molar-refractivity contribution < 1.29 is 4.74 Å². The molecule has 1 fully saturated rings. The van der Waals surface area contributed by atoms with Crippen molar-refractivity contribution in [3.63, 3.8) is 0 Å². The summed E-state index contributed by atoms with van der Waals surface area (Å²) in [6.45, 7) is 10.3. The van der Waals surface area contributed by atoms with Crippen molar-refractivity contribution >= 4 is 0 Å². The normalized spacial score (nSPS) is 23.6. The Morgan fingerprint density at radius 3 is 2.94 bits per heavy atom. The van der Waals surface area contributed by atoms with Crippen molar-refractivity contribution in [1.29, 1.82) is 0 Å². The Bertz CT molecular complexity index is 173. The fourth-order valence-corrected chi connectivity index (χ4v) is 2.44. The van der Waals surface area contributed by atoms with Gasteiger partial charge in [0.25, 0.3) is 0 Å². The Kier molecular flexibility index (Phi) is 7.01. The molecule has 16 heavy (non-hydrogen) atoms. The first-order chi connectivity index (χ1) is 7.72. The third-order valence-electron chi connectivity index (χ3n) is 3.14. The lowest BCUT2D eigenvalue weighted by atomic mass is 10.0. The maximum absolute atomic E-state index is 5.11. The van der Waals surface area contributed by atoms with Gasteiger partial charge in [-0.05, 0) is 38.3 Å². The first-order valence-corrected chi connectivity index (χ1v) is 6.67. The largest absolute Gasteiger partial charge is 0.385 e. The van der Waals surface area contributed by atoms with E-state index in [0.717, 1.165) is 18.9 Å². The van der Waals surface area contributed by atoms with Crippen molar-refractivity contribution in [2.45, 2.75) is 39.2 Å². The number of methoxy groups -OCH3 is 1. The predicted molar refractivity (Wildman–Crippen MR) is 68.8 cm³/mol. The Balaban J connectivity index is 2.27. The van der Waals surface area contributed by atoms with Gasteiger partial charge in [0.15, 0.2) is 0 Å². The van der Waals surface area contributed by atoms with Crippen LogP contribution in [0.3, 0.4) is 0 Å². The van der Waals surface area contributed by atoms with Crippen LogP contribution in [-0.4, -0.2) is 50.8 Å². The summed E-state index contributed by atoms with van der Waals surface area (Å²) in [6.07, 6.45) is 3.73. The minimum Gasteiger partial charge on any atom is -0.385 e. The summed E-state index contributed by atoms with van der Waals surface area (Å²) in [5.41, 5.74) is 0. The van der Waals surface area contributed by atoms with Crippen LogP contribution in [-0.2, 0) is 4.74 Å². The van der Waals surface area contributed by atoms with Gasteiger partial charge in [0.05, 0.1) is 0 Å². The lowest BCUT2D eigenvalue weighted by Gasteiger charge is -2.25. The SMILES string of the molecule is COCCCN1CCCNC(CC(C)C)C1. The third kappa shape index (κ3) is 5.83. The summed E-state index contributed by atoms with van der Waals surface area (Å²) in [5.74, 6) is 0.788. The lowest BCUT2D eigenvalue weighted by molar-refractivity contribution is 0.169. The van der Waals surface area contributed by atoms with Crippen LogP contribution in [0.1, 0.15) is 33.1 Å². The summed E-state index contributed by atoms with van der Waals surface area (Å²) in [5, 5.41) is 3.66. The molecule has 1 aliphatic rings. The molecular formula is C13H28N2O. The number of nitrogens with one attached hydrogen (secondary N) is 1.